The van der Waals surface area contributed by atoms with Crippen molar-refractivity contribution in [1.29, 1.82) is 0 Å². The van der Waals surface area contributed by atoms with Crippen molar-refractivity contribution in [2.75, 3.05) is 45.7 Å². The van der Waals surface area contributed by atoms with Gasteiger partial charge in [0, 0.05) is 43.0 Å². The molecule has 4 aromatic rings. The number of carbonyl (C=O) groups excluding carboxylic acids is 1. The zero-order valence-corrected chi connectivity index (χ0v) is 23.6. The van der Waals surface area contributed by atoms with Gasteiger partial charge in [0.05, 0.1) is 12.2 Å². The Morgan fingerprint density at radius 2 is 1.61 bits per heavy atom. The molecule has 38 heavy (non-hydrogen) atoms. The van der Waals surface area contributed by atoms with Crippen LogP contribution < -0.4 is 9.64 Å². The maximum atomic E-state index is 12.4. The summed E-state index contributed by atoms with van der Waals surface area (Å²) in [5, 5.41) is 4.44. The molecular weight excluding hydrogens is 492 g/mol. The number of carbonyl (C=O) groups is 1. The molecule has 0 saturated heterocycles. The van der Waals surface area contributed by atoms with E-state index in [0.717, 1.165) is 42.8 Å². The molecule has 2 atom stereocenters. The Morgan fingerprint density at radius 3 is 2.34 bits per heavy atom. The Morgan fingerprint density at radius 1 is 0.868 bits per heavy atom. The second-order valence-corrected chi connectivity index (χ2v) is 11.1. The van der Waals surface area contributed by atoms with Crippen LogP contribution in [0.4, 0.5) is 5.69 Å². The van der Waals surface area contributed by atoms with Gasteiger partial charge in [0.1, 0.15) is 11.9 Å². The smallest absolute Gasteiger partial charge is 0.338 e. The first-order chi connectivity index (χ1) is 18.4. The molecule has 4 rings (SSSR count). The van der Waals surface area contributed by atoms with Crippen molar-refractivity contribution in [2.45, 2.75) is 25.9 Å². The Bertz CT molecular complexity index is 1280. The minimum Gasteiger partial charge on any atom is -0.484 e. The van der Waals surface area contributed by atoms with Crippen molar-refractivity contribution in [3.05, 3.63) is 94.7 Å². The molecule has 1 aromatic heterocycles. The van der Waals surface area contributed by atoms with Crippen LogP contribution in [-0.4, -0.2) is 51.7 Å². The molecule has 6 heteroatoms. The average Bonchev–Trinajstić information content (AvgIpc) is 3.48. The predicted octanol–water partition coefficient (Wildman–Crippen LogP) is 7.29. The highest BCUT2D eigenvalue weighted by Gasteiger charge is 2.18. The fourth-order valence-corrected chi connectivity index (χ4v) is 5.15. The number of esters is 1. The molecule has 0 bridgehead atoms. The van der Waals surface area contributed by atoms with E-state index in [0.29, 0.717) is 12.2 Å². The molecule has 0 aliphatic rings. The van der Waals surface area contributed by atoms with Crippen LogP contribution in [0.25, 0.3) is 10.8 Å². The predicted molar refractivity (Wildman–Crippen MR) is 159 cm³/mol. The summed E-state index contributed by atoms with van der Waals surface area (Å²) in [7, 11) is 6.10. The number of nitrogens with zero attached hydrogens (tertiary/aromatic N) is 2. The number of anilines is 1. The largest absolute Gasteiger partial charge is 0.484 e. The van der Waals surface area contributed by atoms with Crippen LogP contribution in [0.15, 0.2) is 84.2 Å². The van der Waals surface area contributed by atoms with E-state index in [-0.39, 0.29) is 18.0 Å². The zero-order chi connectivity index (χ0) is 26.9. The lowest BCUT2D eigenvalue weighted by molar-refractivity contribution is 0.0438. The molecular formula is C32H38N2O3S. The van der Waals surface area contributed by atoms with E-state index in [2.05, 4.69) is 78.8 Å². The number of benzene rings is 3. The molecule has 5 nitrogen and oxygen atoms in total. The standard InChI is InChI=1S/C32H38N2O3S/c1-24(23-36-32(35)26-14-16-27(17-15-26)33(2)3)18-20-34(4)21-19-30(31-13-8-22-38-31)37-29-12-7-10-25-9-5-6-11-28(25)29/h5-17,22,24,30H,18-21,23H2,1-4H3/t24-,30-/m0/s1. The van der Waals surface area contributed by atoms with Gasteiger partial charge in [0.25, 0.3) is 0 Å². The van der Waals surface area contributed by atoms with Gasteiger partial charge < -0.3 is 19.3 Å². The SMILES string of the molecule is C[C@@H](CCN(C)CC[C@H](Oc1cccc2ccccc12)c1cccs1)COC(=O)c1ccc(N(C)C)cc1. The van der Waals surface area contributed by atoms with Gasteiger partial charge in [-0.3, -0.25) is 0 Å². The lowest BCUT2D eigenvalue weighted by Crippen LogP contribution is -2.26. The van der Waals surface area contributed by atoms with Gasteiger partial charge in [-0.15, -0.1) is 11.3 Å². The fourth-order valence-electron chi connectivity index (χ4n) is 4.36. The lowest BCUT2D eigenvalue weighted by atomic mass is 10.1. The van der Waals surface area contributed by atoms with Crippen molar-refractivity contribution >= 4 is 33.8 Å². The van der Waals surface area contributed by atoms with Crippen LogP contribution in [0, 0.1) is 5.92 Å². The van der Waals surface area contributed by atoms with Gasteiger partial charge in [0.2, 0.25) is 0 Å². The van der Waals surface area contributed by atoms with Crippen LogP contribution in [0.3, 0.4) is 0 Å². The number of rotatable bonds is 13. The molecule has 3 aromatic carbocycles. The monoisotopic (exact) mass is 530 g/mol. The maximum Gasteiger partial charge on any atom is 0.338 e. The summed E-state index contributed by atoms with van der Waals surface area (Å²) in [6.45, 7) is 4.40. The second-order valence-electron chi connectivity index (χ2n) is 10.1. The molecule has 0 aliphatic heterocycles. The normalized spacial score (nSPS) is 12.9. The number of thiophene rings is 1. The van der Waals surface area contributed by atoms with Gasteiger partial charge in [-0.1, -0.05) is 49.4 Å². The highest BCUT2D eigenvalue weighted by molar-refractivity contribution is 7.10. The minimum atomic E-state index is -0.264. The molecule has 1 heterocycles. The Hall–Kier alpha value is -3.35. The van der Waals surface area contributed by atoms with Gasteiger partial charge in [-0.2, -0.15) is 0 Å². The number of ether oxygens (including phenoxy) is 2. The summed E-state index contributed by atoms with van der Waals surface area (Å²) < 4.78 is 12.2. The van der Waals surface area contributed by atoms with E-state index < -0.39 is 0 Å². The van der Waals surface area contributed by atoms with E-state index in [4.69, 9.17) is 9.47 Å². The van der Waals surface area contributed by atoms with E-state index in [1.807, 2.05) is 43.3 Å². The topological polar surface area (TPSA) is 42.0 Å². The number of fused-ring (bicyclic) bond motifs is 1. The van der Waals surface area contributed by atoms with Gasteiger partial charge in [0.15, 0.2) is 0 Å². The molecule has 0 N–H and O–H groups in total. The molecule has 0 amide bonds. The van der Waals surface area contributed by atoms with Crippen LogP contribution in [0.2, 0.25) is 0 Å². The van der Waals surface area contributed by atoms with E-state index in [1.165, 1.54) is 10.3 Å². The number of hydrogen-bond donors (Lipinski definition) is 0. The van der Waals surface area contributed by atoms with Crippen molar-refractivity contribution in [1.82, 2.24) is 4.90 Å². The van der Waals surface area contributed by atoms with Gasteiger partial charge in [-0.05, 0) is 73.1 Å². The first-order valence-electron chi connectivity index (χ1n) is 13.2. The molecule has 0 spiro atoms. The van der Waals surface area contributed by atoms with Crippen molar-refractivity contribution in [3.8, 4) is 5.75 Å². The third kappa shape index (κ3) is 7.59. The molecule has 200 valence electrons. The van der Waals surface area contributed by atoms with Gasteiger partial charge >= 0.3 is 5.97 Å². The quantitative estimate of drug-likeness (QED) is 0.170. The van der Waals surface area contributed by atoms with Crippen LogP contribution in [0.1, 0.15) is 41.1 Å². The zero-order valence-electron chi connectivity index (χ0n) is 22.8. The van der Waals surface area contributed by atoms with Crippen LogP contribution in [-0.2, 0) is 4.74 Å². The van der Waals surface area contributed by atoms with Crippen molar-refractivity contribution < 1.29 is 14.3 Å². The van der Waals surface area contributed by atoms with Crippen molar-refractivity contribution in [2.24, 2.45) is 5.92 Å². The summed E-state index contributed by atoms with van der Waals surface area (Å²) in [5.41, 5.74) is 1.65. The van der Waals surface area contributed by atoms with E-state index >= 15 is 0 Å². The lowest BCUT2D eigenvalue weighted by Gasteiger charge is -2.24. The van der Waals surface area contributed by atoms with E-state index in [1.54, 1.807) is 11.3 Å². The molecule has 0 unspecified atom stereocenters. The summed E-state index contributed by atoms with van der Waals surface area (Å²) in [6.07, 6.45) is 1.85. The summed E-state index contributed by atoms with van der Waals surface area (Å²) in [4.78, 5) is 18.0. The minimum absolute atomic E-state index is 0.000480. The van der Waals surface area contributed by atoms with Crippen LogP contribution >= 0.6 is 11.3 Å². The molecule has 0 aliphatic carbocycles. The first-order valence-corrected chi connectivity index (χ1v) is 14.1. The summed E-state index contributed by atoms with van der Waals surface area (Å²) in [5.74, 6) is 0.943. The third-order valence-electron chi connectivity index (χ3n) is 6.77. The highest BCUT2D eigenvalue weighted by Crippen LogP contribution is 2.33. The van der Waals surface area contributed by atoms with Crippen molar-refractivity contribution in [3.63, 3.8) is 0 Å². The molecule has 0 saturated carbocycles. The third-order valence-corrected chi connectivity index (χ3v) is 7.74. The van der Waals surface area contributed by atoms with E-state index in [9.17, 15) is 4.79 Å². The molecule has 0 fully saturated rings. The number of hydrogen-bond acceptors (Lipinski definition) is 6. The fraction of sp³-hybridized carbons (Fsp3) is 0.344. The Labute approximate surface area is 230 Å². The average molecular weight is 531 g/mol. The Balaban J connectivity index is 1.25. The second kappa shape index (κ2) is 13.4. The van der Waals surface area contributed by atoms with Gasteiger partial charge in [-0.25, -0.2) is 4.79 Å². The van der Waals surface area contributed by atoms with Crippen LogP contribution in [0.5, 0.6) is 5.75 Å². The Kier molecular flexibility index (Phi) is 9.79. The summed E-state index contributed by atoms with van der Waals surface area (Å²) >= 11 is 1.74. The maximum absolute atomic E-state index is 12.4. The highest BCUT2D eigenvalue weighted by atomic mass is 32.1. The summed E-state index contributed by atoms with van der Waals surface area (Å²) in [6, 6.07) is 26.3. The first kappa shape index (κ1) is 27.7. The molecule has 0 radical (unpaired) electrons.